The van der Waals surface area contributed by atoms with E-state index in [2.05, 4.69) is 16.3 Å². The highest BCUT2D eigenvalue weighted by Crippen LogP contribution is 2.32. The van der Waals surface area contributed by atoms with Gasteiger partial charge in [0.05, 0.1) is 12.1 Å². The summed E-state index contributed by atoms with van der Waals surface area (Å²) in [4.78, 5) is 29.4. The van der Waals surface area contributed by atoms with Crippen molar-refractivity contribution in [2.24, 2.45) is 0 Å². The van der Waals surface area contributed by atoms with Gasteiger partial charge in [0.2, 0.25) is 11.8 Å². The zero-order valence-corrected chi connectivity index (χ0v) is 20.9. The quantitative estimate of drug-likeness (QED) is 0.634. The number of amides is 2. The van der Waals surface area contributed by atoms with Gasteiger partial charge < -0.3 is 19.9 Å². The number of benzene rings is 1. The molecule has 0 bridgehead atoms. The van der Waals surface area contributed by atoms with E-state index in [-0.39, 0.29) is 11.8 Å². The molecule has 0 aromatic heterocycles. The molecule has 1 aromatic rings. The van der Waals surface area contributed by atoms with E-state index >= 15 is 0 Å². The third-order valence-corrected chi connectivity index (χ3v) is 8.24. The van der Waals surface area contributed by atoms with Crippen molar-refractivity contribution in [2.75, 3.05) is 26.3 Å². The smallest absolute Gasteiger partial charge is 0.227 e. The van der Waals surface area contributed by atoms with Gasteiger partial charge in [-0.3, -0.25) is 15.0 Å². The number of carbonyl (C=O) groups is 2. The van der Waals surface area contributed by atoms with E-state index in [0.29, 0.717) is 43.9 Å². The van der Waals surface area contributed by atoms with Gasteiger partial charge in [0.1, 0.15) is 0 Å². The maximum Gasteiger partial charge on any atom is 0.227 e. The fraction of sp³-hybridized carbons (Fsp3) is 0.607. The molecule has 0 spiro atoms. The zero-order chi connectivity index (χ0) is 24.4. The van der Waals surface area contributed by atoms with E-state index in [1.165, 1.54) is 19.3 Å². The number of hydrogen-bond donors (Lipinski definition) is 2. The van der Waals surface area contributed by atoms with Gasteiger partial charge in [0.25, 0.3) is 0 Å². The fourth-order valence-corrected chi connectivity index (χ4v) is 6.15. The number of hydrogen-bond acceptors (Lipinski definition) is 5. The first-order chi connectivity index (χ1) is 17.0. The number of rotatable bonds is 5. The van der Waals surface area contributed by atoms with Crippen LogP contribution in [-0.2, 0) is 27.3 Å². The summed E-state index contributed by atoms with van der Waals surface area (Å²) in [6.45, 7) is 4.85. The Morgan fingerprint density at radius 1 is 1.09 bits per heavy atom. The first-order valence-corrected chi connectivity index (χ1v) is 13.3. The first-order valence-electron chi connectivity index (χ1n) is 13.3. The van der Waals surface area contributed by atoms with Crippen LogP contribution in [0, 0.1) is 5.41 Å². The minimum atomic E-state index is 0.0359. The van der Waals surface area contributed by atoms with Gasteiger partial charge >= 0.3 is 0 Å². The molecule has 1 saturated carbocycles. The standard InChI is InChI=1S/C28H38N4O3/c1-19(33)31-13-10-26(30-21-11-14-35-15-12-21)25(18-31)28(29)23-9-5-6-20-17-32(27(34)16-24(20)23)22-7-3-2-4-8-22/h5-6,9,21-22,29-30H,2-4,7-8,10-18H2,1H3. The molecule has 0 atom stereocenters. The van der Waals surface area contributed by atoms with Crippen molar-refractivity contribution < 1.29 is 14.3 Å². The lowest BCUT2D eigenvalue weighted by molar-refractivity contribution is -0.135. The summed E-state index contributed by atoms with van der Waals surface area (Å²) >= 11 is 0. The van der Waals surface area contributed by atoms with Crippen LogP contribution in [0.15, 0.2) is 29.5 Å². The Morgan fingerprint density at radius 3 is 2.60 bits per heavy atom. The Balaban J connectivity index is 1.43. The van der Waals surface area contributed by atoms with Crippen molar-refractivity contribution in [2.45, 2.75) is 83.3 Å². The van der Waals surface area contributed by atoms with Crippen LogP contribution in [0.25, 0.3) is 0 Å². The second-order valence-corrected chi connectivity index (χ2v) is 10.5. The second-order valence-electron chi connectivity index (χ2n) is 10.5. The van der Waals surface area contributed by atoms with E-state index in [1.54, 1.807) is 6.92 Å². The third kappa shape index (κ3) is 5.15. The Morgan fingerprint density at radius 2 is 1.86 bits per heavy atom. The number of nitrogens with one attached hydrogen (secondary N) is 2. The van der Waals surface area contributed by atoms with Crippen molar-refractivity contribution in [1.82, 2.24) is 15.1 Å². The average molecular weight is 479 g/mol. The third-order valence-electron chi connectivity index (χ3n) is 8.24. The molecule has 7 heteroatoms. The van der Waals surface area contributed by atoms with Crippen LogP contribution < -0.4 is 5.32 Å². The summed E-state index contributed by atoms with van der Waals surface area (Å²) in [5.74, 6) is 0.224. The highest BCUT2D eigenvalue weighted by molar-refractivity contribution is 6.13. The molecular weight excluding hydrogens is 440 g/mol. The Labute approximate surface area is 208 Å². The predicted octanol–water partition coefficient (Wildman–Crippen LogP) is 3.55. The van der Waals surface area contributed by atoms with Crippen LogP contribution in [0.5, 0.6) is 0 Å². The lowest BCUT2D eigenvalue weighted by atomic mass is 9.86. The monoisotopic (exact) mass is 478 g/mol. The summed E-state index contributed by atoms with van der Waals surface area (Å²) in [6.07, 6.45) is 8.87. The molecule has 1 aliphatic carbocycles. The van der Waals surface area contributed by atoms with Gasteiger partial charge in [-0.05, 0) is 36.8 Å². The number of nitrogens with zero attached hydrogens (tertiary/aromatic N) is 2. The molecule has 2 fully saturated rings. The Hall–Kier alpha value is -2.67. The SMILES string of the molecule is CC(=O)N1CCC(NC2CCOCC2)=C(C(=N)c2cccc3c2CC(=O)N(C2CCCCC2)C3)C1. The van der Waals surface area contributed by atoms with Gasteiger partial charge in [-0.15, -0.1) is 0 Å². The fourth-order valence-electron chi connectivity index (χ4n) is 6.15. The summed E-state index contributed by atoms with van der Waals surface area (Å²) in [5, 5.41) is 13.0. The molecule has 1 aromatic carbocycles. The van der Waals surface area contributed by atoms with E-state index in [9.17, 15) is 15.0 Å². The van der Waals surface area contributed by atoms with Gasteiger partial charge in [-0.2, -0.15) is 0 Å². The van der Waals surface area contributed by atoms with Crippen LogP contribution in [0.2, 0.25) is 0 Å². The molecule has 0 radical (unpaired) electrons. The molecule has 3 aliphatic heterocycles. The maximum absolute atomic E-state index is 13.2. The molecule has 0 unspecified atom stereocenters. The van der Waals surface area contributed by atoms with Gasteiger partial charge in [0.15, 0.2) is 0 Å². The largest absolute Gasteiger partial charge is 0.385 e. The lowest BCUT2D eigenvalue weighted by Gasteiger charge is -2.38. The number of ether oxygens (including phenoxy) is 1. The van der Waals surface area contributed by atoms with Crippen molar-refractivity contribution in [3.8, 4) is 0 Å². The Kier molecular flexibility index (Phi) is 7.23. The average Bonchev–Trinajstić information content (AvgIpc) is 2.89. The van der Waals surface area contributed by atoms with E-state index in [0.717, 1.165) is 73.3 Å². The van der Waals surface area contributed by atoms with Crippen LogP contribution in [0.1, 0.15) is 75.0 Å². The van der Waals surface area contributed by atoms with Crippen molar-refractivity contribution >= 4 is 17.5 Å². The van der Waals surface area contributed by atoms with Crippen LogP contribution in [0.3, 0.4) is 0 Å². The molecule has 4 aliphatic rings. The summed E-state index contributed by atoms with van der Waals surface area (Å²) in [7, 11) is 0. The van der Waals surface area contributed by atoms with E-state index < -0.39 is 0 Å². The number of carbonyl (C=O) groups excluding carboxylic acids is 2. The molecule has 188 valence electrons. The predicted molar refractivity (Wildman–Crippen MR) is 135 cm³/mol. The van der Waals surface area contributed by atoms with E-state index in [1.807, 2.05) is 17.0 Å². The molecule has 1 saturated heterocycles. The maximum atomic E-state index is 13.2. The first kappa shape index (κ1) is 24.0. The molecule has 7 nitrogen and oxygen atoms in total. The van der Waals surface area contributed by atoms with Crippen LogP contribution >= 0.6 is 0 Å². The topological polar surface area (TPSA) is 85.7 Å². The minimum Gasteiger partial charge on any atom is -0.385 e. The van der Waals surface area contributed by atoms with Gasteiger partial charge in [-0.1, -0.05) is 37.5 Å². The molecule has 2 N–H and O–H groups in total. The van der Waals surface area contributed by atoms with Crippen LogP contribution in [0.4, 0.5) is 0 Å². The summed E-state index contributed by atoms with van der Waals surface area (Å²) < 4.78 is 5.52. The normalized spacial score (nSPS) is 22.3. The molecule has 35 heavy (non-hydrogen) atoms. The van der Waals surface area contributed by atoms with Gasteiger partial charge in [-0.25, -0.2) is 0 Å². The van der Waals surface area contributed by atoms with Crippen LogP contribution in [-0.4, -0.2) is 65.7 Å². The summed E-state index contributed by atoms with van der Waals surface area (Å²) in [5.41, 5.74) is 5.40. The highest BCUT2D eigenvalue weighted by atomic mass is 16.5. The van der Waals surface area contributed by atoms with Crippen molar-refractivity contribution in [1.29, 1.82) is 5.41 Å². The molecule has 3 heterocycles. The zero-order valence-electron chi connectivity index (χ0n) is 20.9. The second kappa shape index (κ2) is 10.5. The minimum absolute atomic E-state index is 0.0359. The Bertz CT molecular complexity index is 1020. The lowest BCUT2D eigenvalue weighted by Crippen LogP contribution is -2.45. The molecular formula is C28H38N4O3. The van der Waals surface area contributed by atoms with Crippen molar-refractivity contribution in [3.05, 3.63) is 46.2 Å². The summed E-state index contributed by atoms with van der Waals surface area (Å²) in [6, 6.07) is 6.81. The molecule has 2 amide bonds. The van der Waals surface area contributed by atoms with Gasteiger partial charge in [0, 0.05) is 75.1 Å². The van der Waals surface area contributed by atoms with Crippen molar-refractivity contribution in [3.63, 3.8) is 0 Å². The van der Waals surface area contributed by atoms with E-state index in [4.69, 9.17) is 4.74 Å². The number of fused-ring (bicyclic) bond motifs is 1. The highest BCUT2D eigenvalue weighted by Gasteiger charge is 2.33. The molecule has 5 rings (SSSR count).